The molecule has 0 aliphatic heterocycles. The van der Waals surface area contributed by atoms with Gasteiger partial charge in [-0.25, -0.2) is 0 Å². The number of carbonyl (C=O) groups excluding carboxylic acids is 1. The third-order valence-electron chi connectivity index (χ3n) is 2.84. The van der Waals surface area contributed by atoms with Crippen LogP contribution in [-0.4, -0.2) is 18.6 Å². The standard InChI is InChI=1S/C16H25NO2/c1-11(2)12-7-8-14(19-6)13(9-12)10-15(18)17-16(3,4)5/h7-9,11H,10H2,1-6H3,(H,17,18). The van der Waals surface area contributed by atoms with Crippen LogP contribution in [0.4, 0.5) is 0 Å². The van der Waals surface area contributed by atoms with Gasteiger partial charge in [-0.05, 0) is 38.3 Å². The Kier molecular flexibility index (Phi) is 4.98. The molecule has 1 amide bonds. The van der Waals surface area contributed by atoms with Crippen LogP contribution in [-0.2, 0) is 11.2 Å². The van der Waals surface area contributed by atoms with Crippen LogP contribution in [0.1, 0.15) is 51.7 Å². The van der Waals surface area contributed by atoms with Gasteiger partial charge in [0.25, 0.3) is 0 Å². The molecule has 0 saturated heterocycles. The molecule has 3 nitrogen and oxygen atoms in total. The zero-order valence-corrected chi connectivity index (χ0v) is 12.8. The molecular formula is C16H25NO2. The van der Waals surface area contributed by atoms with Crippen LogP contribution in [0, 0.1) is 0 Å². The van der Waals surface area contributed by atoms with Crippen molar-refractivity contribution < 1.29 is 9.53 Å². The zero-order chi connectivity index (χ0) is 14.6. The lowest BCUT2D eigenvalue weighted by atomic mass is 9.98. The van der Waals surface area contributed by atoms with Gasteiger partial charge in [-0.3, -0.25) is 4.79 Å². The van der Waals surface area contributed by atoms with Crippen LogP contribution in [0.3, 0.4) is 0 Å². The molecule has 106 valence electrons. The second kappa shape index (κ2) is 6.09. The molecule has 0 aliphatic rings. The predicted octanol–water partition coefficient (Wildman–Crippen LogP) is 3.28. The lowest BCUT2D eigenvalue weighted by molar-refractivity contribution is -0.121. The Labute approximate surface area is 116 Å². The fourth-order valence-electron chi connectivity index (χ4n) is 1.93. The number of hydrogen-bond donors (Lipinski definition) is 1. The van der Waals surface area contributed by atoms with E-state index in [1.165, 1.54) is 5.56 Å². The maximum absolute atomic E-state index is 12.0. The highest BCUT2D eigenvalue weighted by Gasteiger charge is 2.16. The molecule has 0 radical (unpaired) electrons. The van der Waals surface area contributed by atoms with Gasteiger partial charge in [0.1, 0.15) is 5.75 Å². The Morgan fingerprint density at radius 3 is 2.42 bits per heavy atom. The van der Waals surface area contributed by atoms with Crippen molar-refractivity contribution in [3.63, 3.8) is 0 Å². The largest absolute Gasteiger partial charge is 0.496 e. The number of rotatable bonds is 4. The van der Waals surface area contributed by atoms with Gasteiger partial charge in [0.05, 0.1) is 13.5 Å². The molecule has 0 spiro atoms. The van der Waals surface area contributed by atoms with E-state index in [0.717, 1.165) is 11.3 Å². The van der Waals surface area contributed by atoms with Crippen LogP contribution < -0.4 is 10.1 Å². The summed E-state index contributed by atoms with van der Waals surface area (Å²) in [6.45, 7) is 10.2. The van der Waals surface area contributed by atoms with Crippen molar-refractivity contribution in [2.24, 2.45) is 0 Å². The van der Waals surface area contributed by atoms with E-state index in [1.807, 2.05) is 26.8 Å². The molecular weight excluding hydrogens is 238 g/mol. The molecule has 0 aliphatic carbocycles. The van der Waals surface area contributed by atoms with Gasteiger partial charge < -0.3 is 10.1 Å². The van der Waals surface area contributed by atoms with E-state index in [-0.39, 0.29) is 11.4 Å². The van der Waals surface area contributed by atoms with Gasteiger partial charge in [-0.1, -0.05) is 26.0 Å². The summed E-state index contributed by atoms with van der Waals surface area (Å²) in [5.41, 5.74) is 1.95. The number of amides is 1. The van der Waals surface area contributed by atoms with Crippen LogP contribution in [0.25, 0.3) is 0 Å². The Balaban J connectivity index is 2.92. The van der Waals surface area contributed by atoms with Gasteiger partial charge in [-0.15, -0.1) is 0 Å². The molecule has 0 atom stereocenters. The van der Waals surface area contributed by atoms with Gasteiger partial charge in [0.2, 0.25) is 5.91 Å². The molecule has 0 bridgehead atoms. The molecule has 19 heavy (non-hydrogen) atoms. The van der Waals surface area contributed by atoms with Crippen LogP contribution in [0.5, 0.6) is 5.75 Å². The van der Waals surface area contributed by atoms with Crippen molar-refractivity contribution >= 4 is 5.91 Å². The highest BCUT2D eigenvalue weighted by Crippen LogP contribution is 2.24. The van der Waals surface area contributed by atoms with Crippen LogP contribution in [0.15, 0.2) is 18.2 Å². The summed E-state index contributed by atoms with van der Waals surface area (Å²) in [7, 11) is 1.63. The first kappa shape index (κ1) is 15.5. The minimum absolute atomic E-state index is 0.0201. The second-order valence-electron chi connectivity index (χ2n) is 6.20. The first-order valence-electron chi connectivity index (χ1n) is 6.71. The summed E-state index contributed by atoms with van der Waals surface area (Å²) in [4.78, 5) is 12.0. The minimum Gasteiger partial charge on any atom is -0.496 e. The van der Waals surface area contributed by atoms with Gasteiger partial charge in [0.15, 0.2) is 0 Å². The molecule has 1 aromatic rings. The van der Waals surface area contributed by atoms with E-state index in [9.17, 15) is 4.79 Å². The summed E-state index contributed by atoms with van der Waals surface area (Å²) in [5, 5.41) is 2.97. The fraction of sp³-hybridized carbons (Fsp3) is 0.562. The van der Waals surface area contributed by atoms with E-state index in [0.29, 0.717) is 12.3 Å². The molecule has 3 heteroatoms. The Hall–Kier alpha value is -1.51. The van der Waals surface area contributed by atoms with E-state index >= 15 is 0 Å². The predicted molar refractivity (Wildman–Crippen MR) is 78.7 cm³/mol. The lowest BCUT2D eigenvalue weighted by Crippen LogP contribution is -2.41. The molecule has 1 rings (SSSR count). The van der Waals surface area contributed by atoms with Crippen molar-refractivity contribution in [2.45, 2.75) is 52.5 Å². The number of methoxy groups -OCH3 is 1. The highest BCUT2D eigenvalue weighted by molar-refractivity contribution is 5.80. The van der Waals surface area contributed by atoms with Crippen molar-refractivity contribution in [3.05, 3.63) is 29.3 Å². The summed E-state index contributed by atoms with van der Waals surface area (Å²) in [5.74, 6) is 1.23. The maximum atomic E-state index is 12.0. The molecule has 0 aromatic heterocycles. The van der Waals surface area contributed by atoms with Gasteiger partial charge in [0, 0.05) is 11.1 Å². The molecule has 0 saturated carbocycles. The van der Waals surface area contributed by atoms with Gasteiger partial charge >= 0.3 is 0 Å². The fourth-order valence-corrected chi connectivity index (χ4v) is 1.93. The Morgan fingerprint density at radius 1 is 1.32 bits per heavy atom. The normalized spacial score (nSPS) is 11.5. The number of benzene rings is 1. The average Bonchev–Trinajstić information content (AvgIpc) is 2.26. The Bertz CT molecular complexity index is 445. The zero-order valence-electron chi connectivity index (χ0n) is 12.8. The van der Waals surface area contributed by atoms with E-state index in [2.05, 4.69) is 31.3 Å². The lowest BCUT2D eigenvalue weighted by Gasteiger charge is -2.21. The van der Waals surface area contributed by atoms with Crippen molar-refractivity contribution in [1.29, 1.82) is 0 Å². The quantitative estimate of drug-likeness (QED) is 0.905. The monoisotopic (exact) mass is 263 g/mol. The Morgan fingerprint density at radius 2 is 1.95 bits per heavy atom. The summed E-state index contributed by atoms with van der Waals surface area (Å²) < 4.78 is 5.33. The SMILES string of the molecule is COc1ccc(C(C)C)cc1CC(=O)NC(C)(C)C. The summed E-state index contributed by atoms with van der Waals surface area (Å²) >= 11 is 0. The number of carbonyl (C=O) groups is 1. The molecule has 1 aromatic carbocycles. The van der Waals surface area contributed by atoms with E-state index in [4.69, 9.17) is 4.74 Å². The van der Waals surface area contributed by atoms with Gasteiger partial charge in [-0.2, -0.15) is 0 Å². The van der Waals surface area contributed by atoms with Crippen molar-refractivity contribution in [2.75, 3.05) is 7.11 Å². The summed E-state index contributed by atoms with van der Waals surface area (Å²) in [6, 6.07) is 6.05. The molecule has 0 fully saturated rings. The van der Waals surface area contributed by atoms with Crippen molar-refractivity contribution in [3.8, 4) is 5.75 Å². The minimum atomic E-state index is -0.208. The first-order chi connectivity index (χ1) is 8.73. The average molecular weight is 263 g/mol. The molecule has 0 unspecified atom stereocenters. The topological polar surface area (TPSA) is 38.3 Å². The molecule has 0 heterocycles. The van der Waals surface area contributed by atoms with Crippen molar-refractivity contribution in [1.82, 2.24) is 5.32 Å². The smallest absolute Gasteiger partial charge is 0.224 e. The first-order valence-corrected chi connectivity index (χ1v) is 6.71. The van der Waals surface area contributed by atoms with Crippen LogP contribution >= 0.6 is 0 Å². The number of ether oxygens (including phenoxy) is 1. The molecule has 1 N–H and O–H groups in total. The number of hydrogen-bond acceptors (Lipinski definition) is 2. The summed E-state index contributed by atoms with van der Waals surface area (Å²) in [6.07, 6.45) is 0.348. The highest BCUT2D eigenvalue weighted by atomic mass is 16.5. The third-order valence-corrected chi connectivity index (χ3v) is 2.84. The number of nitrogens with one attached hydrogen (secondary N) is 1. The van der Waals surface area contributed by atoms with E-state index < -0.39 is 0 Å². The van der Waals surface area contributed by atoms with Crippen LogP contribution in [0.2, 0.25) is 0 Å². The maximum Gasteiger partial charge on any atom is 0.224 e. The van der Waals surface area contributed by atoms with E-state index in [1.54, 1.807) is 7.11 Å². The third kappa shape index (κ3) is 4.93. The second-order valence-corrected chi connectivity index (χ2v) is 6.20.